The molecule has 0 heterocycles. The standard InChI is InChI=1S/C6H12.C2H6.5CH4.Y/c1-4-6(3)5-2;1-2;;;;;;/h5-6H,1,4H2,2-3H3;1-2H3;5*1H4;/q-2;;;;;;;. The van der Waals surface area contributed by atoms with Crippen molar-refractivity contribution in [1.82, 2.24) is 0 Å². The molecule has 0 N–H and O–H groups in total. The van der Waals surface area contributed by atoms with Gasteiger partial charge in [0.05, 0.1) is 0 Å². The van der Waals surface area contributed by atoms with Gasteiger partial charge in [0.15, 0.2) is 0 Å². The maximum absolute atomic E-state index is 3.73. The van der Waals surface area contributed by atoms with E-state index in [1.54, 1.807) is 0 Å². The van der Waals surface area contributed by atoms with Crippen LogP contribution in [-0.4, -0.2) is 0 Å². The summed E-state index contributed by atoms with van der Waals surface area (Å²) in [5, 5.41) is 0. The van der Waals surface area contributed by atoms with Crippen LogP contribution in [0.5, 0.6) is 0 Å². The molecule has 0 fully saturated rings. The molecule has 0 rings (SSSR count). The van der Waals surface area contributed by atoms with E-state index in [-0.39, 0.29) is 69.8 Å². The van der Waals surface area contributed by atoms with E-state index in [0.29, 0.717) is 5.92 Å². The largest absolute Gasteiger partial charge is 0.345 e. The number of hydrogen-bond donors (Lipinski definition) is 0. The summed E-state index contributed by atoms with van der Waals surface area (Å²) in [5.41, 5.74) is 0. The molecular weight excluding hydrogens is 245 g/mol. The van der Waals surface area contributed by atoms with E-state index in [2.05, 4.69) is 27.2 Å². The topological polar surface area (TPSA) is 0 Å². The molecule has 1 heteroatoms. The molecule has 0 aromatic carbocycles. The summed E-state index contributed by atoms with van der Waals surface area (Å²) in [7, 11) is 0. The van der Waals surface area contributed by atoms with E-state index >= 15 is 0 Å². The maximum Gasteiger partial charge on any atom is 0 e. The molecule has 0 aliphatic carbocycles. The molecule has 0 aromatic heterocycles. The van der Waals surface area contributed by atoms with Gasteiger partial charge < -0.3 is 13.3 Å². The molecule has 1 atom stereocenters. The third-order valence-electron chi connectivity index (χ3n) is 1.02. The normalized spacial score (nSPS) is 6.64. The first-order valence-electron chi connectivity index (χ1n) is 3.40. The van der Waals surface area contributed by atoms with Gasteiger partial charge in [-0.25, -0.2) is 6.42 Å². The smallest absolute Gasteiger partial charge is 0 e. The molecule has 0 spiro atoms. The number of rotatable bonds is 2. The summed E-state index contributed by atoms with van der Waals surface area (Å²) < 4.78 is 0. The zero-order valence-corrected chi connectivity index (χ0v) is 9.98. The van der Waals surface area contributed by atoms with E-state index in [1.807, 2.05) is 13.8 Å². The molecule has 0 saturated carbocycles. The van der Waals surface area contributed by atoms with Crippen LogP contribution in [0.25, 0.3) is 0 Å². The van der Waals surface area contributed by atoms with E-state index in [1.165, 1.54) is 0 Å². The van der Waals surface area contributed by atoms with Crippen LogP contribution in [0, 0.1) is 19.3 Å². The van der Waals surface area contributed by atoms with Crippen molar-refractivity contribution in [1.29, 1.82) is 0 Å². The van der Waals surface area contributed by atoms with Crippen molar-refractivity contribution in [2.45, 2.75) is 71.2 Å². The van der Waals surface area contributed by atoms with Gasteiger partial charge in [-0.05, 0) is 0 Å². The molecule has 1 radical (unpaired) electrons. The van der Waals surface area contributed by atoms with Gasteiger partial charge >= 0.3 is 0 Å². The van der Waals surface area contributed by atoms with Crippen molar-refractivity contribution >= 4 is 0 Å². The molecule has 0 aliphatic rings. The minimum atomic E-state index is 0. The second-order valence-corrected chi connectivity index (χ2v) is 1.60. The summed E-state index contributed by atoms with van der Waals surface area (Å²) in [6, 6.07) is 0. The zero-order chi connectivity index (χ0) is 6.99. The first kappa shape index (κ1) is 59.5. The molecule has 0 amide bonds. The van der Waals surface area contributed by atoms with Gasteiger partial charge in [0.2, 0.25) is 0 Å². The minimum absolute atomic E-state index is 0. The van der Waals surface area contributed by atoms with Crippen molar-refractivity contribution in [3.63, 3.8) is 0 Å². The monoisotopic (exact) mass is 283 g/mol. The van der Waals surface area contributed by atoms with Gasteiger partial charge in [-0.3, -0.25) is 0 Å². The quantitative estimate of drug-likeness (QED) is 0.523. The minimum Gasteiger partial charge on any atom is -0.345 e. The molecule has 0 aliphatic heterocycles. The van der Waals surface area contributed by atoms with Crippen LogP contribution >= 0.6 is 0 Å². The van der Waals surface area contributed by atoms with Gasteiger partial charge in [0.25, 0.3) is 0 Å². The second-order valence-electron chi connectivity index (χ2n) is 1.60. The third-order valence-corrected chi connectivity index (χ3v) is 1.02. The molecule has 0 bridgehead atoms. The summed E-state index contributed by atoms with van der Waals surface area (Å²) in [4.78, 5) is 0. The molecule has 0 nitrogen and oxygen atoms in total. The van der Waals surface area contributed by atoms with Gasteiger partial charge in [0.1, 0.15) is 0 Å². The van der Waals surface area contributed by atoms with Crippen molar-refractivity contribution in [2.75, 3.05) is 0 Å². The molecule has 95 valence electrons. The fraction of sp³-hybridized carbons (Fsp3) is 0.846. The van der Waals surface area contributed by atoms with E-state index < -0.39 is 0 Å². The van der Waals surface area contributed by atoms with Crippen molar-refractivity contribution < 1.29 is 32.7 Å². The van der Waals surface area contributed by atoms with Crippen molar-refractivity contribution in [3.8, 4) is 0 Å². The van der Waals surface area contributed by atoms with Gasteiger partial charge in [0, 0.05) is 32.7 Å². The molecular formula is C13H38Y-2. The summed E-state index contributed by atoms with van der Waals surface area (Å²) in [6.45, 7) is 12.0. The Morgan fingerprint density at radius 3 is 1.21 bits per heavy atom. The Bertz CT molecular complexity index is 24.4. The molecule has 1 unspecified atom stereocenters. The second kappa shape index (κ2) is 65.0. The molecule has 14 heavy (non-hydrogen) atoms. The Morgan fingerprint density at radius 1 is 1.00 bits per heavy atom. The zero-order valence-electron chi connectivity index (χ0n) is 7.15. The maximum atomic E-state index is 3.73. The van der Waals surface area contributed by atoms with Crippen LogP contribution < -0.4 is 0 Å². The van der Waals surface area contributed by atoms with E-state index in [4.69, 9.17) is 0 Å². The fourth-order valence-electron chi connectivity index (χ4n) is 0.167. The number of hydrogen-bond acceptors (Lipinski definition) is 0. The summed E-state index contributed by atoms with van der Waals surface area (Å²) in [5.74, 6) is 0.699. The van der Waals surface area contributed by atoms with Crippen LogP contribution in [0.3, 0.4) is 0 Å². The predicted molar refractivity (Wildman–Crippen MR) is 74.1 cm³/mol. The first-order chi connectivity index (χ1) is 3.81. The van der Waals surface area contributed by atoms with Crippen LogP contribution in [-0.2, 0) is 32.7 Å². The van der Waals surface area contributed by atoms with Gasteiger partial charge in [-0.15, -0.1) is 0 Å². The Hall–Kier alpha value is 1.10. The summed E-state index contributed by atoms with van der Waals surface area (Å²) in [6.07, 6.45) is 3.18. The van der Waals surface area contributed by atoms with Crippen molar-refractivity contribution in [2.24, 2.45) is 5.92 Å². The SMILES string of the molecule is C.C.C.C.C.CC.[CH2-]CC(C)[CH-]C.[Y]. The van der Waals surface area contributed by atoms with Gasteiger partial charge in [-0.2, -0.15) is 12.8 Å². The average molecular weight is 283 g/mol. The third kappa shape index (κ3) is 73.7. The Morgan fingerprint density at radius 2 is 1.21 bits per heavy atom. The Kier molecular flexibility index (Phi) is 276. The predicted octanol–water partition coefficient (Wildman–Crippen LogP) is 6.28. The molecule has 0 saturated heterocycles. The Labute approximate surface area is 123 Å². The van der Waals surface area contributed by atoms with Gasteiger partial charge in [-0.1, -0.05) is 57.9 Å². The van der Waals surface area contributed by atoms with Crippen molar-refractivity contribution in [3.05, 3.63) is 13.3 Å². The van der Waals surface area contributed by atoms with Crippen LogP contribution in [0.1, 0.15) is 71.2 Å². The van der Waals surface area contributed by atoms with E-state index in [9.17, 15) is 0 Å². The van der Waals surface area contributed by atoms with Crippen LogP contribution in [0.4, 0.5) is 0 Å². The summed E-state index contributed by atoms with van der Waals surface area (Å²) >= 11 is 0. The fourth-order valence-corrected chi connectivity index (χ4v) is 0.167. The van der Waals surface area contributed by atoms with E-state index in [0.717, 1.165) is 6.42 Å². The molecule has 0 aromatic rings. The van der Waals surface area contributed by atoms with Crippen LogP contribution in [0.15, 0.2) is 0 Å². The average Bonchev–Trinajstić information content (AvgIpc) is 1.91. The van der Waals surface area contributed by atoms with Crippen LogP contribution in [0.2, 0.25) is 0 Å². The Balaban J connectivity index is -0.00000000708. The first-order valence-corrected chi connectivity index (χ1v) is 3.40.